The van der Waals surface area contributed by atoms with Crippen molar-refractivity contribution in [2.24, 2.45) is 5.92 Å². The molecule has 2 aromatic rings. The van der Waals surface area contributed by atoms with Crippen LogP contribution in [0.1, 0.15) is 19.3 Å². The van der Waals surface area contributed by atoms with Crippen molar-refractivity contribution in [3.05, 3.63) is 36.9 Å². The predicted octanol–water partition coefficient (Wildman–Crippen LogP) is 2.75. The zero-order valence-corrected chi connectivity index (χ0v) is 9.21. The van der Waals surface area contributed by atoms with Crippen molar-refractivity contribution in [2.75, 3.05) is 0 Å². The van der Waals surface area contributed by atoms with E-state index in [0.29, 0.717) is 0 Å². The number of pyridine rings is 1. The second-order valence-corrected chi connectivity index (χ2v) is 4.44. The Morgan fingerprint density at radius 3 is 2.94 bits per heavy atom. The van der Waals surface area contributed by atoms with Gasteiger partial charge < -0.3 is 4.57 Å². The molecule has 3 nitrogen and oxygen atoms in total. The SMILES string of the molecule is c1cncc(-c2nccn2CC2CCC2)c1. The van der Waals surface area contributed by atoms with Crippen LogP contribution in [0.25, 0.3) is 11.4 Å². The van der Waals surface area contributed by atoms with Gasteiger partial charge in [-0.1, -0.05) is 6.42 Å². The first-order chi connectivity index (χ1) is 7.93. The first-order valence-corrected chi connectivity index (χ1v) is 5.85. The zero-order chi connectivity index (χ0) is 10.8. The highest BCUT2D eigenvalue weighted by molar-refractivity contribution is 5.53. The Hall–Kier alpha value is -1.64. The van der Waals surface area contributed by atoms with Gasteiger partial charge in [0.25, 0.3) is 0 Å². The summed E-state index contributed by atoms with van der Waals surface area (Å²) < 4.78 is 2.25. The molecule has 0 spiro atoms. The van der Waals surface area contributed by atoms with Crippen molar-refractivity contribution in [1.82, 2.24) is 14.5 Å². The van der Waals surface area contributed by atoms with Crippen molar-refractivity contribution < 1.29 is 0 Å². The largest absolute Gasteiger partial charge is 0.331 e. The molecular formula is C13H15N3. The molecule has 1 saturated carbocycles. The van der Waals surface area contributed by atoms with Crippen LogP contribution in [0.15, 0.2) is 36.9 Å². The molecule has 2 aromatic heterocycles. The predicted molar refractivity (Wildman–Crippen MR) is 62.8 cm³/mol. The maximum Gasteiger partial charge on any atom is 0.141 e. The molecule has 0 amide bonds. The van der Waals surface area contributed by atoms with Gasteiger partial charge in [0.1, 0.15) is 5.82 Å². The normalized spacial score (nSPS) is 16.0. The number of hydrogen-bond donors (Lipinski definition) is 0. The zero-order valence-electron chi connectivity index (χ0n) is 9.21. The molecule has 82 valence electrons. The van der Waals surface area contributed by atoms with E-state index in [2.05, 4.69) is 26.8 Å². The summed E-state index contributed by atoms with van der Waals surface area (Å²) >= 11 is 0. The van der Waals surface area contributed by atoms with E-state index in [4.69, 9.17) is 0 Å². The van der Waals surface area contributed by atoms with Crippen LogP contribution in [-0.2, 0) is 6.54 Å². The van der Waals surface area contributed by atoms with Gasteiger partial charge in [-0.25, -0.2) is 4.98 Å². The number of hydrogen-bond acceptors (Lipinski definition) is 2. The summed E-state index contributed by atoms with van der Waals surface area (Å²) in [6.07, 6.45) is 11.7. The number of nitrogens with zero attached hydrogens (tertiary/aromatic N) is 3. The summed E-state index contributed by atoms with van der Waals surface area (Å²) in [6, 6.07) is 4.02. The quantitative estimate of drug-likeness (QED) is 0.785. The molecule has 0 saturated heterocycles. The Morgan fingerprint density at radius 2 is 2.25 bits per heavy atom. The maximum absolute atomic E-state index is 4.42. The highest BCUT2D eigenvalue weighted by Gasteiger charge is 2.19. The summed E-state index contributed by atoms with van der Waals surface area (Å²) in [5, 5.41) is 0. The van der Waals surface area contributed by atoms with Gasteiger partial charge in [-0.05, 0) is 30.9 Å². The van der Waals surface area contributed by atoms with Crippen molar-refractivity contribution in [3.8, 4) is 11.4 Å². The smallest absolute Gasteiger partial charge is 0.141 e. The average Bonchev–Trinajstić information content (AvgIpc) is 2.73. The minimum absolute atomic E-state index is 0.852. The van der Waals surface area contributed by atoms with Gasteiger partial charge in [-0.3, -0.25) is 4.98 Å². The van der Waals surface area contributed by atoms with Crippen LogP contribution in [-0.4, -0.2) is 14.5 Å². The summed E-state index contributed by atoms with van der Waals surface area (Å²) in [7, 11) is 0. The summed E-state index contributed by atoms with van der Waals surface area (Å²) in [6.45, 7) is 1.10. The summed E-state index contributed by atoms with van der Waals surface area (Å²) in [5.41, 5.74) is 1.10. The molecule has 0 bridgehead atoms. The second-order valence-electron chi connectivity index (χ2n) is 4.44. The van der Waals surface area contributed by atoms with Crippen LogP contribution >= 0.6 is 0 Å². The Kier molecular flexibility index (Phi) is 2.44. The van der Waals surface area contributed by atoms with E-state index in [1.54, 1.807) is 6.20 Å². The van der Waals surface area contributed by atoms with Gasteiger partial charge in [0.05, 0.1) is 0 Å². The fourth-order valence-corrected chi connectivity index (χ4v) is 2.17. The number of aromatic nitrogens is 3. The molecule has 1 aliphatic rings. The van der Waals surface area contributed by atoms with Crippen molar-refractivity contribution >= 4 is 0 Å². The second kappa shape index (κ2) is 4.08. The number of imidazole rings is 1. The van der Waals surface area contributed by atoms with Gasteiger partial charge in [0.15, 0.2) is 0 Å². The lowest BCUT2D eigenvalue weighted by atomic mass is 9.85. The third-order valence-electron chi connectivity index (χ3n) is 3.31. The molecule has 1 aliphatic carbocycles. The van der Waals surface area contributed by atoms with Crippen LogP contribution in [0, 0.1) is 5.92 Å². The van der Waals surface area contributed by atoms with E-state index >= 15 is 0 Å². The highest BCUT2D eigenvalue weighted by atomic mass is 15.1. The molecule has 0 aliphatic heterocycles. The van der Waals surface area contributed by atoms with Gasteiger partial charge in [-0.15, -0.1) is 0 Å². The average molecular weight is 213 g/mol. The third-order valence-corrected chi connectivity index (χ3v) is 3.31. The minimum atomic E-state index is 0.852. The monoisotopic (exact) mass is 213 g/mol. The van der Waals surface area contributed by atoms with Crippen molar-refractivity contribution in [1.29, 1.82) is 0 Å². The first kappa shape index (κ1) is 9.58. The topological polar surface area (TPSA) is 30.7 Å². The highest BCUT2D eigenvalue weighted by Crippen LogP contribution is 2.29. The van der Waals surface area contributed by atoms with E-state index in [0.717, 1.165) is 23.9 Å². The molecule has 16 heavy (non-hydrogen) atoms. The van der Waals surface area contributed by atoms with Crippen molar-refractivity contribution in [3.63, 3.8) is 0 Å². The fraction of sp³-hybridized carbons (Fsp3) is 0.385. The van der Waals surface area contributed by atoms with Gasteiger partial charge >= 0.3 is 0 Å². The van der Waals surface area contributed by atoms with E-state index in [9.17, 15) is 0 Å². The van der Waals surface area contributed by atoms with Crippen LogP contribution in [0.3, 0.4) is 0 Å². The fourth-order valence-electron chi connectivity index (χ4n) is 2.17. The summed E-state index contributed by atoms with van der Waals surface area (Å²) in [4.78, 5) is 8.56. The van der Waals surface area contributed by atoms with Gasteiger partial charge in [0, 0.05) is 36.9 Å². The lowest BCUT2D eigenvalue weighted by Crippen LogP contribution is -2.18. The minimum Gasteiger partial charge on any atom is -0.331 e. The Bertz CT molecular complexity index is 457. The van der Waals surface area contributed by atoms with Gasteiger partial charge in [0.2, 0.25) is 0 Å². The Balaban J connectivity index is 1.87. The molecular weight excluding hydrogens is 198 g/mol. The van der Waals surface area contributed by atoms with E-state index in [-0.39, 0.29) is 0 Å². The van der Waals surface area contributed by atoms with Crippen LogP contribution in [0.5, 0.6) is 0 Å². The lowest BCUT2D eigenvalue weighted by Gasteiger charge is -2.26. The molecule has 3 heteroatoms. The molecule has 2 heterocycles. The van der Waals surface area contributed by atoms with E-state index in [1.807, 2.05) is 18.5 Å². The van der Waals surface area contributed by atoms with E-state index in [1.165, 1.54) is 19.3 Å². The molecule has 0 atom stereocenters. The summed E-state index contributed by atoms with van der Waals surface area (Å²) in [5.74, 6) is 1.89. The Morgan fingerprint density at radius 1 is 1.31 bits per heavy atom. The number of rotatable bonds is 3. The molecule has 0 unspecified atom stereocenters. The van der Waals surface area contributed by atoms with Crippen LogP contribution in [0.4, 0.5) is 0 Å². The first-order valence-electron chi connectivity index (χ1n) is 5.85. The van der Waals surface area contributed by atoms with Gasteiger partial charge in [-0.2, -0.15) is 0 Å². The Labute approximate surface area is 95.2 Å². The molecule has 0 N–H and O–H groups in total. The third kappa shape index (κ3) is 1.73. The van der Waals surface area contributed by atoms with Crippen LogP contribution in [0.2, 0.25) is 0 Å². The van der Waals surface area contributed by atoms with Crippen molar-refractivity contribution in [2.45, 2.75) is 25.8 Å². The lowest BCUT2D eigenvalue weighted by molar-refractivity contribution is 0.277. The molecule has 3 rings (SSSR count). The van der Waals surface area contributed by atoms with E-state index < -0.39 is 0 Å². The maximum atomic E-state index is 4.42. The molecule has 1 fully saturated rings. The van der Waals surface area contributed by atoms with Crippen LogP contribution < -0.4 is 0 Å². The molecule has 0 aromatic carbocycles. The standard InChI is InChI=1S/C13H15N3/c1-3-11(4-1)10-16-8-7-15-13(16)12-5-2-6-14-9-12/h2,5-9,11H,1,3-4,10H2. The molecule has 0 radical (unpaired) electrons.